The number of aryl methyl sites for hydroxylation is 1. The number of aromatic nitrogens is 1. The van der Waals surface area contributed by atoms with Crippen molar-refractivity contribution in [2.24, 2.45) is 0 Å². The molecule has 0 atom stereocenters. The number of nitrogen functional groups attached to an aromatic ring is 1. The molecule has 1 heterocycles. The van der Waals surface area contributed by atoms with E-state index in [-0.39, 0.29) is 23.8 Å². The lowest BCUT2D eigenvalue weighted by molar-refractivity contribution is 0.279. The molecule has 0 aliphatic carbocycles. The number of pyridine rings is 1. The molecule has 2 aromatic rings. The van der Waals surface area contributed by atoms with Crippen LogP contribution in [0.4, 0.5) is 5.69 Å². The van der Waals surface area contributed by atoms with Crippen LogP contribution in [0, 0.1) is 6.92 Å². The van der Waals surface area contributed by atoms with Gasteiger partial charge in [0, 0.05) is 29.6 Å². The molecule has 7 nitrogen and oxygen atoms in total. The number of sulfonamides is 1. The fraction of sp³-hybridized carbons (Fsp3) is 0.214. The number of aliphatic hydroxyl groups excluding tert-OH is 1. The first-order valence-electron chi connectivity index (χ1n) is 6.47. The Kier molecular flexibility index (Phi) is 4.65. The number of aromatic hydroxyl groups is 1. The average Bonchev–Trinajstić information content (AvgIpc) is 2.49. The van der Waals surface area contributed by atoms with E-state index in [0.29, 0.717) is 22.5 Å². The Labute approximate surface area is 128 Å². The molecule has 0 spiro atoms. The topological polar surface area (TPSA) is 126 Å². The van der Waals surface area contributed by atoms with Gasteiger partial charge < -0.3 is 15.9 Å². The number of anilines is 1. The highest BCUT2D eigenvalue weighted by Gasteiger charge is 2.17. The Morgan fingerprint density at radius 1 is 1.27 bits per heavy atom. The van der Waals surface area contributed by atoms with Crippen LogP contribution in [0.1, 0.15) is 16.8 Å². The van der Waals surface area contributed by atoms with Crippen molar-refractivity contribution >= 4 is 15.7 Å². The van der Waals surface area contributed by atoms with Gasteiger partial charge in [0.25, 0.3) is 0 Å². The maximum Gasteiger partial charge on any atom is 0.240 e. The average molecular weight is 323 g/mol. The number of hydrogen-bond donors (Lipinski definition) is 4. The quantitative estimate of drug-likeness (QED) is 0.599. The third-order valence-corrected chi connectivity index (χ3v) is 4.65. The molecule has 0 aliphatic rings. The molecule has 0 bridgehead atoms. The van der Waals surface area contributed by atoms with Gasteiger partial charge in [0.05, 0.1) is 17.2 Å². The zero-order valence-corrected chi connectivity index (χ0v) is 12.8. The van der Waals surface area contributed by atoms with Crippen LogP contribution < -0.4 is 10.5 Å². The van der Waals surface area contributed by atoms with E-state index >= 15 is 0 Å². The molecular weight excluding hydrogens is 306 g/mol. The van der Waals surface area contributed by atoms with Crippen LogP contribution in [-0.2, 0) is 23.2 Å². The molecule has 118 valence electrons. The minimum absolute atomic E-state index is 0.0671. The summed E-state index contributed by atoms with van der Waals surface area (Å²) in [5.74, 6) is -0.133. The molecule has 5 N–H and O–H groups in total. The SMILES string of the molecule is Cc1ncc(CO)c(CNS(=O)(=O)c2ccc(N)cc2)c1O. The van der Waals surface area contributed by atoms with Gasteiger partial charge in [-0.3, -0.25) is 4.98 Å². The van der Waals surface area contributed by atoms with Gasteiger partial charge in [-0.25, -0.2) is 13.1 Å². The van der Waals surface area contributed by atoms with E-state index in [4.69, 9.17) is 5.73 Å². The predicted octanol–water partition coefficient (Wildman–Crippen LogP) is 0.649. The number of nitrogens with zero attached hydrogens (tertiary/aromatic N) is 1. The van der Waals surface area contributed by atoms with Crippen molar-refractivity contribution in [1.29, 1.82) is 0 Å². The van der Waals surface area contributed by atoms with E-state index in [2.05, 4.69) is 9.71 Å². The van der Waals surface area contributed by atoms with Crippen LogP contribution in [0.5, 0.6) is 5.75 Å². The molecule has 8 heteroatoms. The number of aliphatic hydroxyl groups is 1. The molecule has 0 amide bonds. The Hall–Kier alpha value is -2.16. The fourth-order valence-electron chi connectivity index (χ4n) is 1.92. The van der Waals surface area contributed by atoms with Crippen LogP contribution in [0.15, 0.2) is 35.4 Å². The number of nitrogens with one attached hydrogen (secondary N) is 1. The van der Waals surface area contributed by atoms with E-state index in [1.54, 1.807) is 6.92 Å². The summed E-state index contributed by atoms with van der Waals surface area (Å²) in [7, 11) is -3.75. The van der Waals surface area contributed by atoms with E-state index in [1.165, 1.54) is 30.5 Å². The molecule has 0 radical (unpaired) electrons. The van der Waals surface area contributed by atoms with E-state index in [9.17, 15) is 18.6 Å². The van der Waals surface area contributed by atoms with Crippen molar-refractivity contribution in [1.82, 2.24) is 9.71 Å². The molecule has 22 heavy (non-hydrogen) atoms. The number of nitrogens with two attached hydrogens (primary N) is 1. The van der Waals surface area contributed by atoms with Gasteiger partial charge in [0.1, 0.15) is 5.75 Å². The Bertz CT molecular complexity index is 773. The van der Waals surface area contributed by atoms with E-state index in [0.717, 1.165) is 0 Å². The molecular formula is C14H17N3O4S. The van der Waals surface area contributed by atoms with Gasteiger partial charge in [-0.1, -0.05) is 0 Å². The van der Waals surface area contributed by atoms with Crippen molar-refractivity contribution < 1.29 is 18.6 Å². The second-order valence-electron chi connectivity index (χ2n) is 4.75. The molecule has 2 rings (SSSR count). The van der Waals surface area contributed by atoms with Crippen molar-refractivity contribution in [2.45, 2.75) is 25.0 Å². The van der Waals surface area contributed by atoms with Crippen LogP contribution >= 0.6 is 0 Å². The first-order chi connectivity index (χ1) is 10.3. The minimum atomic E-state index is -3.75. The van der Waals surface area contributed by atoms with Crippen LogP contribution in [0.2, 0.25) is 0 Å². The maximum absolute atomic E-state index is 12.2. The number of hydrogen-bond acceptors (Lipinski definition) is 6. The summed E-state index contributed by atoms with van der Waals surface area (Å²) >= 11 is 0. The monoisotopic (exact) mass is 323 g/mol. The third kappa shape index (κ3) is 3.35. The molecule has 0 saturated heterocycles. The summed E-state index contributed by atoms with van der Waals surface area (Å²) in [5.41, 5.74) is 7.01. The normalized spacial score (nSPS) is 11.5. The van der Waals surface area contributed by atoms with Crippen LogP contribution in [0.3, 0.4) is 0 Å². The molecule has 1 aromatic carbocycles. The molecule has 0 fully saturated rings. The largest absolute Gasteiger partial charge is 0.506 e. The lowest BCUT2D eigenvalue weighted by Crippen LogP contribution is -2.24. The number of rotatable bonds is 5. The second kappa shape index (κ2) is 6.30. The van der Waals surface area contributed by atoms with Crippen molar-refractivity contribution in [2.75, 3.05) is 5.73 Å². The smallest absolute Gasteiger partial charge is 0.240 e. The summed E-state index contributed by atoms with van der Waals surface area (Å²) in [4.78, 5) is 3.99. The Morgan fingerprint density at radius 2 is 1.91 bits per heavy atom. The summed E-state index contributed by atoms with van der Waals surface area (Å²) in [6.07, 6.45) is 1.40. The highest BCUT2D eigenvalue weighted by Crippen LogP contribution is 2.24. The zero-order valence-electron chi connectivity index (χ0n) is 11.9. The zero-order chi connectivity index (χ0) is 16.3. The first kappa shape index (κ1) is 16.2. The van der Waals surface area contributed by atoms with Gasteiger partial charge in [0.2, 0.25) is 10.0 Å². The highest BCUT2D eigenvalue weighted by atomic mass is 32.2. The number of benzene rings is 1. The first-order valence-corrected chi connectivity index (χ1v) is 7.96. The molecule has 0 saturated carbocycles. The molecule has 1 aromatic heterocycles. The minimum Gasteiger partial charge on any atom is -0.506 e. The predicted molar refractivity (Wildman–Crippen MR) is 81.4 cm³/mol. The van der Waals surface area contributed by atoms with E-state index < -0.39 is 10.0 Å². The molecule has 0 aliphatic heterocycles. The van der Waals surface area contributed by atoms with Crippen molar-refractivity contribution in [3.05, 3.63) is 47.3 Å². The second-order valence-corrected chi connectivity index (χ2v) is 6.51. The summed E-state index contributed by atoms with van der Waals surface area (Å²) in [6, 6.07) is 5.76. The third-order valence-electron chi connectivity index (χ3n) is 3.23. The lowest BCUT2D eigenvalue weighted by Gasteiger charge is -2.12. The fourth-order valence-corrected chi connectivity index (χ4v) is 2.91. The van der Waals surface area contributed by atoms with Gasteiger partial charge in [0.15, 0.2) is 0 Å². The van der Waals surface area contributed by atoms with E-state index in [1.807, 2.05) is 0 Å². The molecule has 0 unspecified atom stereocenters. The summed E-state index contributed by atoms with van der Waals surface area (Å²) in [5, 5.41) is 19.3. The van der Waals surface area contributed by atoms with Gasteiger partial charge >= 0.3 is 0 Å². The standard InChI is InChI=1S/C14H17N3O4S/c1-9-14(19)13(10(8-18)6-16-9)7-17-22(20,21)12-4-2-11(15)3-5-12/h2-6,17-19H,7-8,15H2,1H3. The lowest BCUT2D eigenvalue weighted by atomic mass is 10.1. The van der Waals surface area contributed by atoms with Gasteiger partial charge in [-0.2, -0.15) is 0 Å². The summed E-state index contributed by atoms with van der Waals surface area (Å²) in [6.45, 7) is 1.09. The van der Waals surface area contributed by atoms with Gasteiger partial charge in [-0.05, 0) is 31.2 Å². The van der Waals surface area contributed by atoms with Gasteiger partial charge in [-0.15, -0.1) is 0 Å². The van der Waals surface area contributed by atoms with Crippen molar-refractivity contribution in [3.63, 3.8) is 0 Å². The van der Waals surface area contributed by atoms with Crippen molar-refractivity contribution in [3.8, 4) is 5.75 Å². The van der Waals surface area contributed by atoms with Crippen LogP contribution in [-0.4, -0.2) is 23.6 Å². The Balaban J connectivity index is 2.26. The Morgan fingerprint density at radius 3 is 2.50 bits per heavy atom. The van der Waals surface area contributed by atoms with Crippen LogP contribution in [0.25, 0.3) is 0 Å². The maximum atomic E-state index is 12.2. The highest BCUT2D eigenvalue weighted by molar-refractivity contribution is 7.89. The summed E-state index contributed by atoms with van der Waals surface area (Å²) < 4.78 is 26.8.